The molecule has 0 aromatic rings. The molecule has 4 fully saturated rings. The SMILES string of the molecule is CC12CC(C[N+]3(C)CCCC3)C(=O)C=C1CCC1C2CCC2(C)C1CCC2(C)O.[I-]. The fourth-order valence-electron chi connectivity index (χ4n) is 8.96. The van der Waals surface area contributed by atoms with Gasteiger partial charge in [0.25, 0.3) is 0 Å². The minimum Gasteiger partial charge on any atom is -1.00 e. The summed E-state index contributed by atoms with van der Waals surface area (Å²) in [6, 6.07) is 0. The fourth-order valence-corrected chi connectivity index (χ4v) is 8.96. The maximum Gasteiger partial charge on any atom is 0.164 e. The summed E-state index contributed by atoms with van der Waals surface area (Å²) in [4.78, 5) is 13.1. The summed E-state index contributed by atoms with van der Waals surface area (Å²) in [5.74, 6) is 2.73. The summed E-state index contributed by atoms with van der Waals surface area (Å²) in [5.41, 5.74) is 1.26. The number of halogens is 1. The van der Waals surface area contributed by atoms with E-state index in [4.69, 9.17) is 0 Å². The molecule has 0 spiro atoms. The minimum absolute atomic E-state index is 0. The van der Waals surface area contributed by atoms with E-state index >= 15 is 0 Å². The molecule has 30 heavy (non-hydrogen) atoms. The molecule has 5 aliphatic rings. The van der Waals surface area contributed by atoms with Gasteiger partial charge in [-0.25, -0.2) is 0 Å². The van der Waals surface area contributed by atoms with Gasteiger partial charge in [0.05, 0.1) is 38.2 Å². The van der Waals surface area contributed by atoms with Gasteiger partial charge in [0.2, 0.25) is 0 Å². The molecule has 3 nitrogen and oxygen atoms in total. The lowest BCUT2D eigenvalue weighted by Gasteiger charge is -2.59. The van der Waals surface area contributed by atoms with Crippen molar-refractivity contribution in [3.8, 4) is 0 Å². The quantitative estimate of drug-likeness (QED) is 0.439. The first-order valence-corrected chi connectivity index (χ1v) is 12.4. The van der Waals surface area contributed by atoms with E-state index in [2.05, 4.69) is 33.9 Å². The molecule has 0 aromatic carbocycles. The monoisotopic (exact) mass is 527 g/mol. The first kappa shape index (κ1) is 23.2. The van der Waals surface area contributed by atoms with Crippen molar-refractivity contribution in [2.45, 2.75) is 84.2 Å². The van der Waals surface area contributed by atoms with Crippen LogP contribution in [0, 0.1) is 34.5 Å². The number of likely N-dealkylation sites (tertiary alicyclic amines) is 1. The number of fused-ring (bicyclic) bond motifs is 5. The van der Waals surface area contributed by atoms with Crippen molar-refractivity contribution in [1.82, 2.24) is 0 Å². The molecule has 1 heterocycles. The lowest BCUT2D eigenvalue weighted by Crippen LogP contribution is -3.00. The molecule has 0 bridgehead atoms. The average Bonchev–Trinajstić information content (AvgIpc) is 3.17. The summed E-state index contributed by atoms with van der Waals surface area (Å²) in [6.07, 6.45) is 12.7. The van der Waals surface area contributed by atoms with Gasteiger partial charge in [-0.1, -0.05) is 19.4 Å². The molecule has 1 saturated heterocycles. The van der Waals surface area contributed by atoms with Gasteiger partial charge in [-0.05, 0) is 86.5 Å². The molecule has 1 N–H and O–H groups in total. The maximum atomic E-state index is 13.1. The van der Waals surface area contributed by atoms with Crippen LogP contribution in [0.25, 0.3) is 0 Å². The topological polar surface area (TPSA) is 37.3 Å². The highest BCUT2D eigenvalue weighted by atomic mass is 127. The van der Waals surface area contributed by atoms with Crippen LogP contribution < -0.4 is 24.0 Å². The zero-order valence-electron chi connectivity index (χ0n) is 19.6. The van der Waals surface area contributed by atoms with Gasteiger partial charge < -0.3 is 33.6 Å². The number of aliphatic hydroxyl groups is 1. The Hall–Kier alpha value is 0.0600. The van der Waals surface area contributed by atoms with Crippen LogP contribution in [0.4, 0.5) is 0 Å². The number of carbonyl (C=O) groups excluding carboxylic acids is 1. The van der Waals surface area contributed by atoms with Gasteiger partial charge in [-0.2, -0.15) is 0 Å². The Morgan fingerprint density at radius 3 is 2.43 bits per heavy atom. The number of allylic oxidation sites excluding steroid dienone is 1. The highest BCUT2D eigenvalue weighted by Crippen LogP contribution is 2.67. The summed E-state index contributed by atoms with van der Waals surface area (Å²) < 4.78 is 1.10. The molecule has 5 rings (SSSR count). The first-order chi connectivity index (χ1) is 13.6. The number of rotatable bonds is 2. The third-order valence-electron chi connectivity index (χ3n) is 11.0. The zero-order valence-corrected chi connectivity index (χ0v) is 21.7. The number of quaternary nitrogens is 1. The van der Waals surface area contributed by atoms with Crippen molar-refractivity contribution < 1.29 is 38.4 Å². The predicted molar refractivity (Wildman–Crippen MR) is 116 cm³/mol. The Kier molecular flexibility index (Phi) is 5.84. The van der Waals surface area contributed by atoms with Crippen LogP contribution >= 0.6 is 0 Å². The van der Waals surface area contributed by atoms with E-state index in [9.17, 15) is 9.90 Å². The zero-order chi connectivity index (χ0) is 20.7. The van der Waals surface area contributed by atoms with Crippen molar-refractivity contribution in [3.63, 3.8) is 0 Å². The Morgan fingerprint density at radius 2 is 1.73 bits per heavy atom. The lowest BCUT2D eigenvalue weighted by molar-refractivity contribution is -0.900. The van der Waals surface area contributed by atoms with Crippen molar-refractivity contribution in [3.05, 3.63) is 11.6 Å². The van der Waals surface area contributed by atoms with Crippen molar-refractivity contribution >= 4 is 5.78 Å². The molecule has 4 heteroatoms. The molecule has 7 atom stereocenters. The average molecular weight is 528 g/mol. The van der Waals surface area contributed by atoms with Gasteiger partial charge in [0.1, 0.15) is 0 Å². The van der Waals surface area contributed by atoms with E-state index in [0.717, 1.165) is 42.6 Å². The molecule has 4 aliphatic carbocycles. The summed E-state index contributed by atoms with van der Waals surface area (Å²) >= 11 is 0. The van der Waals surface area contributed by atoms with Crippen LogP contribution in [0.2, 0.25) is 0 Å². The van der Waals surface area contributed by atoms with E-state index in [1.165, 1.54) is 50.8 Å². The number of hydrogen-bond acceptors (Lipinski definition) is 2. The van der Waals surface area contributed by atoms with Gasteiger partial charge in [0.15, 0.2) is 5.78 Å². The molecule has 3 saturated carbocycles. The van der Waals surface area contributed by atoms with Gasteiger partial charge >= 0.3 is 0 Å². The predicted octanol–water partition coefficient (Wildman–Crippen LogP) is 1.74. The first-order valence-electron chi connectivity index (χ1n) is 12.4. The van der Waals surface area contributed by atoms with E-state index < -0.39 is 5.60 Å². The maximum absolute atomic E-state index is 13.1. The van der Waals surface area contributed by atoms with E-state index in [1.807, 2.05) is 0 Å². The van der Waals surface area contributed by atoms with Crippen molar-refractivity contribution in [2.75, 3.05) is 26.7 Å². The second-order valence-corrected chi connectivity index (χ2v) is 12.5. The normalized spacial score (nSPS) is 49.5. The van der Waals surface area contributed by atoms with E-state index in [-0.39, 0.29) is 40.7 Å². The standard InChI is InChI=1S/C26H42NO2.HI/c1-24-16-18(17-27(4)13-5-6-14-27)23(28)15-19(24)7-8-20-21(24)9-11-25(2)22(20)10-12-26(25,3)29;/h15,18,20-22,29H,5-14,16-17H2,1-4H3;1H/q+1;/p-1. The van der Waals surface area contributed by atoms with Crippen LogP contribution in [-0.4, -0.2) is 47.7 Å². The van der Waals surface area contributed by atoms with Gasteiger partial charge in [-0.3, -0.25) is 4.79 Å². The van der Waals surface area contributed by atoms with Gasteiger partial charge in [-0.15, -0.1) is 0 Å². The molecular weight excluding hydrogens is 485 g/mol. The summed E-state index contributed by atoms with van der Waals surface area (Å²) in [7, 11) is 2.37. The second-order valence-electron chi connectivity index (χ2n) is 12.5. The van der Waals surface area contributed by atoms with Crippen LogP contribution in [0.15, 0.2) is 11.6 Å². The van der Waals surface area contributed by atoms with E-state index in [1.54, 1.807) is 0 Å². The summed E-state index contributed by atoms with van der Waals surface area (Å²) in [5, 5.41) is 11.1. The van der Waals surface area contributed by atoms with E-state index in [0.29, 0.717) is 17.6 Å². The van der Waals surface area contributed by atoms with Crippen molar-refractivity contribution in [1.29, 1.82) is 0 Å². The lowest BCUT2D eigenvalue weighted by atomic mass is 9.46. The molecule has 7 unspecified atom stereocenters. The van der Waals surface area contributed by atoms with Crippen molar-refractivity contribution in [2.24, 2.45) is 34.5 Å². The third-order valence-corrected chi connectivity index (χ3v) is 11.0. The fraction of sp³-hybridized carbons (Fsp3) is 0.885. The van der Waals surface area contributed by atoms with Crippen LogP contribution in [0.3, 0.4) is 0 Å². The Morgan fingerprint density at radius 1 is 1.07 bits per heavy atom. The molecule has 0 aromatic heterocycles. The molecular formula is C26H42INO2. The Bertz CT molecular complexity index is 739. The van der Waals surface area contributed by atoms with Crippen LogP contribution in [-0.2, 0) is 4.79 Å². The Labute approximate surface area is 200 Å². The molecule has 1 aliphatic heterocycles. The molecule has 170 valence electrons. The number of carbonyl (C=O) groups is 1. The summed E-state index contributed by atoms with van der Waals surface area (Å²) in [6.45, 7) is 10.5. The number of hydrogen-bond donors (Lipinski definition) is 1. The molecule has 0 amide bonds. The van der Waals surface area contributed by atoms with Gasteiger partial charge in [0, 0.05) is 12.8 Å². The number of nitrogens with zero attached hydrogens (tertiary/aromatic N) is 1. The molecule has 0 radical (unpaired) electrons. The highest BCUT2D eigenvalue weighted by molar-refractivity contribution is 5.94. The smallest absolute Gasteiger partial charge is 0.164 e. The third kappa shape index (κ3) is 3.29. The number of ketones is 1. The van der Waals surface area contributed by atoms with Crippen LogP contribution in [0.5, 0.6) is 0 Å². The second kappa shape index (κ2) is 7.55. The highest BCUT2D eigenvalue weighted by Gasteiger charge is 2.63. The Balaban J connectivity index is 0.00000218. The largest absolute Gasteiger partial charge is 1.00 e. The minimum atomic E-state index is -0.501. The van der Waals surface area contributed by atoms with Crippen LogP contribution in [0.1, 0.15) is 78.6 Å².